The second kappa shape index (κ2) is 5.76. The molecule has 0 fully saturated rings. The minimum Gasteiger partial charge on any atom is -0.298 e. The van der Waals surface area contributed by atoms with Gasteiger partial charge in [0.1, 0.15) is 4.21 Å². The summed E-state index contributed by atoms with van der Waals surface area (Å²) in [6, 6.07) is 0.872. The van der Waals surface area contributed by atoms with Crippen molar-refractivity contribution in [1.29, 1.82) is 0 Å². The Hall–Kier alpha value is -1.03. The Morgan fingerprint density at radius 2 is 2.05 bits per heavy atom. The normalized spacial score (nSPS) is 12.4. The molecular weight excluding hydrogens is 328 g/mol. The molecule has 7 nitrogen and oxygen atoms in total. The van der Waals surface area contributed by atoms with Crippen LogP contribution in [0.2, 0.25) is 4.34 Å². The highest BCUT2D eigenvalue weighted by atomic mass is 35.5. The number of halogens is 1. The van der Waals surface area contributed by atoms with Crippen molar-refractivity contribution in [1.82, 2.24) is 4.72 Å². The van der Waals surface area contributed by atoms with Gasteiger partial charge in [-0.2, -0.15) is 0 Å². The van der Waals surface area contributed by atoms with E-state index < -0.39 is 26.0 Å². The third-order valence-corrected chi connectivity index (χ3v) is 5.58. The molecule has 1 heterocycles. The molecule has 0 spiro atoms. The third-order valence-electron chi connectivity index (χ3n) is 2.37. The van der Waals surface area contributed by atoms with E-state index >= 15 is 0 Å². The molecule has 0 aliphatic rings. The van der Waals surface area contributed by atoms with Gasteiger partial charge in [0.2, 0.25) is 0 Å². The molecule has 0 amide bonds. The summed E-state index contributed by atoms with van der Waals surface area (Å²) in [5, 5.41) is 10.6. The van der Waals surface area contributed by atoms with Crippen molar-refractivity contribution in [2.75, 3.05) is 6.54 Å². The highest BCUT2D eigenvalue weighted by Crippen LogP contribution is 2.36. The van der Waals surface area contributed by atoms with Crippen LogP contribution in [-0.2, 0) is 14.8 Å². The van der Waals surface area contributed by atoms with Gasteiger partial charge in [-0.15, -0.1) is 11.3 Å². The second-order valence-corrected chi connectivity index (χ2v) is 8.63. The van der Waals surface area contributed by atoms with E-state index in [1.54, 1.807) is 20.8 Å². The van der Waals surface area contributed by atoms with Crippen molar-refractivity contribution in [2.24, 2.45) is 5.41 Å². The number of nitrogens with one attached hydrogen (secondary N) is 1. The summed E-state index contributed by atoms with van der Waals surface area (Å²) < 4.78 is 25.4. The van der Waals surface area contributed by atoms with E-state index in [-0.39, 0.29) is 20.9 Å². The van der Waals surface area contributed by atoms with Gasteiger partial charge in [-0.25, -0.2) is 13.1 Å². The lowest BCUT2D eigenvalue weighted by molar-refractivity contribution is -0.384. The van der Waals surface area contributed by atoms with Crippen molar-refractivity contribution < 1.29 is 18.1 Å². The predicted molar refractivity (Wildman–Crippen MR) is 75.6 cm³/mol. The van der Waals surface area contributed by atoms with Crippen molar-refractivity contribution in [3.63, 3.8) is 0 Å². The topological polar surface area (TPSA) is 106 Å². The zero-order chi connectivity index (χ0) is 15.7. The zero-order valence-corrected chi connectivity index (χ0v) is 13.4. The minimum absolute atomic E-state index is 0.225. The van der Waals surface area contributed by atoms with Crippen molar-refractivity contribution in [3.8, 4) is 0 Å². The quantitative estimate of drug-likeness (QED) is 0.653. The Kier molecular flexibility index (Phi) is 4.90. The van der Waals surface area contributed by atoms with Gasteiger partial charge in [0.25, 0.3) is 15.7 Å². The van der Waals surface area contributed by atoms with E-state index in [1.165, 1.54) is 0 Å². The number of nitro groups is 1. The third kappa shape index (κ3) is 3.98. The van der Waals surface area contributed by atoms with Crippen LogP contribution in [0, 0.1) is 15.5 Å². The van der Waals surface area contributed by atoms with Gasteiger partial charge in [-0.1, -0.05) is 32.4 Å². The summed E-state index contributed by atoms with van der Waals surface area (Å²) in [5.74, 6) is -0.293. The van der Waals surface area contributed by atoms with Gasteiger partial charge in [-0.3, -0.25) is 14.9 Å². The number of sulfonamides is 1. The fourth-order valence-corrected chi connectivity index (χ4v) is 3.78. The number of ketones is 1. The molecule has 0 unspecified atom stereocenters. The Labute approximate surface area is 125 Å². The molecule has 0 saturated heterocycles. The van der Waals surface area contributed by atoms with E-state index in [4.69, 9.17) is 11.6 Å². The molecule has 0 radical (unpaired) electrons. The summed E-state index contributed by atoms with van der Waals surface area (Å²) >= 11 is 6.17. The van der Waals surface area contributed by atoms with Crippen LogP contribution in [0.15, 0.2) is 10.3 Å². The smallest absolute Gasteiger partial charge is 0.298 e. The fraction of sp³-hybridized carbons (Fsp3) is 0.500. The fourth-order valence-electron chi connectivity index (χ4n) is 1.09. The maximum Gasteiger partial charge on any atom is 0.300 e. The number of rotatable bonds is 5. The molecule has 10 heteroatoms. The number of hydrogen-bond acceptors (Lipinski definition) is 6. The summed E-state index contributed by atoms with van der Waals surface area (Å²) in [7, 11) is -3.99. The van der Waals surface area contributed by atoms with Crippen LogP contribution in [0.5, 0.6) is 0 Å². The highest BCUT2D eigenvalue weighted by Gasteiger charge is 2.27. The van der Waals surface area contributed by atoms with E-state index in [9.17, 15) is 23.3 Å². The van der Waals surface area contributed by atoms with Gasteiger partial charge in [0, 0.05) is 11.5 Å². The maximum atomic E-state index is 11.9. The van der Waals surface area contributed by atoms with Gasteiger partial charge < -0.3 is 0 Å². The summed E-state index contributed by atoms with van der Waals surface area (Å²) in [6.07, 6.45) is 0. The Bertz CT molecular complexity index is 645. The molecule has 0 saturated carbocycles. The molecule has 1 aromatic rings. The number of carbonyl (C=O) groups is 1. The largest absolute Gasteiger partial charge is 0.300 e. The highest BCUT2D eigenvalue weighted by molar-refractivity contribution is 7.91. The van der Waals surface area contributed by atoms with Crippen LogP contribution in [0.1, 0.15) is 20.8 Å². The SMILES string of the molecule is CC(C)(C)C(=O)CNS(=O)(=O)c1cc([N+](=O)[O-])c(Cl)s1. The molecule has 0 atom stereocenters. The summed E-state index contributed by atoms with van der Waals surface area (Å²) in [4.78, 5) is 21.5. The molecule has 0 aliphatic carbocycles. The van der Waals surface area contributed by atoms with Crippen LogP contribution in [-0.4, -0.2) is 25.7 Å². The molecular formula is C10H13ClN2O5S2. The van der Waals surface area contributed by atoms with Crippen molar-refractivity contribution in [3.05, 3.63) is 20.5 Å². The van der Waals surface area contributed by atoms with Gasteiger partial charge in [-0.05, 0) is 0 Å². The van der Waals surface area contributed by atoms with Crippen LogP contribution in [0.25, 0.3) is 0 Å². The first-order valence-electron chi connectivity index (χ1n) is 5.42. The van der Waals surface area contributed by atoms with E-state index in [0.717, 1.165) is 6.07 Å². The minimum atomic E-state index is -3.99. The average Bonchev–Trinajstić information content (AvgIpc) is 2.67. The first kappa shape index (κ1) is 17.0. The number of nitrogens with zero attached hydrogens (tertiary/aromatic N) is 1. The van der Waals surface area contributed by atoms with Crippen LogP contribution < -0.4 is 4.72 Å². The number of Topliss-reactive ketones (excluding diaryl/α,β-unsaturated/α-hetero) is 1. The first-order chi connectivity index (χ1) is 8.95. The van der Waals surface area contributed by atoms with E-state index in [0.29, 0.717) is 11.3 Å². The average molecular weight is 341 g/mol. The Morgan fingerprint density at radius 3 is 2.45 bits per heavy atom. The maximum absolute atomic E-state index is 11.9. The molecule has 0 aromatic carbocycles. The van der Waals surface area contributed by atoms with Crippen LogP contribution >= 0.6 is 22.9 Å². The lowest BCUT2D eigenvalue weighted by atomic mass is 9.91. The van der Waals surface area contributed by atoms with Crippen LogP contribution in [0.3, 0.4) is 0 Å². The Balaban J connectivity index is 2.93. The summed E-state index contributed by atoms with van der Waals surface area (Å²) in [5.41, 5.74) is -1.15. The lowest BCUT2D eigenvalue weighted by Crippen LogP contribution is -2.35. The number of carbonyl (C=O) groups excluding carboxylic acids is 1. The van der Waals surface area contributed by atoms with E-state index in [2.05, 4.69) is 4.72 Å². The molecule has 20 heavy (non-hydrogen) atoms. The summed E-state index contributed by atoms with van der Waals surface area (Å²) in [6.45, 7) is 4.61. The van der Waals surface area contributed by atoms with Crippen LogP contribution in [0.4, 0.5) is 5.69 Å². The lowest BCUT2D eigenvalue weighted by Gasteiger charge is -2.16. The first-order valence-corrected chi connectivity index (χ1v) is 8.09. The number of hydrogen-bond donors (Lipinski definition) is 1. The van der Waals surface area contributed by atoms with Gasteiger partial charge in [0.05, 0.1) is 11.5 Å². The predicted octanol–water partition coefficient (Wildman–Crippen LogP) is 2.20. The van der Waals surface area contributed by atoms with Crippen molar-refractivity contribution >= 4 is 44.4 Å². The monoisotopic (exact) mass is 340 g/mol. The molecule has 112 valence electrons. The molecule has 1 N–H and O–H groups in total. The Morgan fingerprint density at radius 1 is 1.50 bits per heavy atom. The van der Waals surface area contributed by atoms with Gasteiger partial charge in [0.15, 0.2) is 10.1 Å². The second-order valence-electron chi connectivity index (χ2n) is 4.98. The standard InChI is InChI=1S/C10H13ClN2O5S2/c1-10(2,3)7(14)5-12-20(17,18)8-4-6(13(15)16)9(11)19-8/h4,12H,5H2,1-3H3. The molecule has 0 aliphatic heterocycles. The number of thiophene rings is 1. The molecule has 1 rings (SSSR count). The van der Waals surface area contributed by atoms with Crippen molar-refractivity contribution in [2.45, 2.75) is 25.0 Å². The molecule has 1 aromatic heterocycles. The van der Waals surface area contributed by atoms with E-state index in [1.807, 2.05) is 0 Å². The molecule has 0 bridgehead atoms. The van der Waals surface area contributed by atoms with Gasteiger partial charge >= 0.3 is 0 Å². The zero-order valence-electron chi connectivity index (χ0n) is 11.0.